The predicted octanol–water partition coefficient (Wildman–Crippen LogP) is 2.00. The van der Waals surface area contributed by atoms with Gasteiger partial charge in [0.1, 0.15) is 0 Å². The van der Waals surface area contributed by atoms with Crippen LogP contribution in [0.1, 0.15) is 30.7 Å². The number of fused-ring (bicyclic) bond motifs is 1. The minimum absolute atomic E-state index is 0.0570. The number of carbonyl (C=O) groups is 2. The quantitative estimate of drug-likeness (QED) is 0.935. The SMILES string of the molecule is O=C1Nc2ccccc2[C@H]1CC(=O)N1CCC[C@@H]1Cn1cccn1. The first-order valence-corrected chi connectivity index (χ1v) is 8.39. The molecular formula is C18H20N4O2. The van der Waals surface area contributed by atoms with Crippen LogP contribution in [-0.2, 0) is 16.1 Å². The summed E-state index contributed by atoms with van der Waals surface area (Å²) >= 11 is 0. The molecule has 0 bridgehead atoms. The van der Waals surface area contributed by atoms with Crippen molar-refractivity contribution in [3.8, 4) is 0 Å². The molecule has 6 heteroatoms. The number of anilines is 1. The zero-order valence-electron chi connectivity index (χ0n) is 13.4. The molecule has 1 aromatic heterocycles. The molecule has 0 unspecified atom stereocenters. The summed E-state index contributed by atoms with van der Waals surface area (Å²) in [4.78, 5) is 27.0. The van der Waals surface area contributed by atoms with Gasteiger partial charge in [0, 0.05) is 31.0 Å². The number of likely N-dealkylation sites (tertiary alicyclic amines) is 1. The van der Waals surface area contributed by atoms with E-state index in [4.69, 9.17) is 0 Å². The van der Waals surface area contributed by atoms with E-state index in [1.54, 1.807) is 6.20 Å². The lowest BCUT2D eigenvalue weighted by Crippen LogP contribution is -2.39. The van der Waals surface area contributed by atoms with Gasteiger partial charge in [0.15, 0.2) is 0 Å². The first-order chi connectivity index (χ1) is 11.7. The van der Waals surface area contributed by atoms with E-state index in [0.29, 0.717) is 6.54 Å². The number of hydrogen-bond donors (Lipinski definition) is 1. The molecule has 2 aromatic rings. The Morgan fingerprint density at radius 3 is 3.00 bits per heavy atom. The van der Waals surface area contributed by atoms with E-state index in [9.17, 15) is 9.59 Å². The van der Waals surface area contributed by atoms with Crippen LogP contribution in [0.25, 0.3) is 0 Å². The van der Waals surface area contributed by atoms with E-state index >= 15 is 0 Å². The number of aromatic nitrogens is 2. The monoisotopic (exact) mass is 324 g/mol. The first kappa shape index (κ1) is 14.9. The van der Waals surface area contributed by atoms with Crippen molar-refractivity contribution in [3.63, 3.8) is 0 Å². The van der Waals surface area contributed by atoms with Crippen LogP contribution in [0, 0.1) is 0 Å². The number of carbonyl (C=O) groups excluding carboxylic acids is 2. The summed E-state index contributed by atoms with van der Waals surface area (Å²) in [5.41, 5.74) is 1.76. The Labute approximate surface area is 140 Å². The fraction of sp³-hybridized carbons (Fsp3) is 0.389. The minimum atomic E-state index is -0.375. The topological polar surface area (TPSA) is 67.2 Å². The first-order valence-electron chi connectivity index (χ1n) is 8.39. The molecule has 1 aromatic carbocycles. The molecule has 0 radical (unpaired) electrons. The Kier molecular flexibility index (Phi) is 3.80. The van der Waals surface area contributed by atoms with Gasteiger partial charge in [-0.1, -0.05) is 18.2 Å². The second-order valence-electron chi connectivity index (χ2n) is 6.44. The summed E-state index contributed by atoms with van der Waals surface area (Å²) in [5, 5.41) is 7.10. The van der Waals surface area contributed by atoms with Gasteiger partial charge in [-0.05, 0) is 30.5 Å². The zero-order chi connectivity index (χ0) is 16.5. The number of hydrogen-bond acceptors (Lipinski definition) is 3. The Morgan fingerprint density at radius 1 is 1.29 bits per heavy atom. The van der Waals surface area contributed by atoms with E-state index in [2.05, 4.69) is 10.4 Å². The van der Waals surface area contributed by atoms with Gasteiger partial charge in [-0.3, -0.25) is 14.3 Å². The highest BCUT2D eigenvalue weighted by molar-refractivity contribution is 6.04. The molecule has 2 aliphatic heterocycles. The smallest absolute Gasteiger partial charge is 0.232 e. The van der Waals surface area contributed by atoms with Crippen molar-refractivity contribution in [2.24, 2.45) is 0 Å². The Morgan fingerprint density at radius 2 is 2.17 bits per heavy atom. The van der Waals surface area contributed by atoms with Gasteiger partial charge in [0.2, 0.25) is 11.8 Å². The largest absolute Gasteiger partial charge is 0.338 e. The molecule has 124 valence electrons. The fourth-order valence-electron chi connectivity index (χ4n) is 3.75. The molecule has 2 aliphatic rings. The molecule has 1 saturated heterocycles. The number of nitrogens with one attached hydrogen (secondary N) is 1. The predicted molar refractivity (Wildman–Crippen MR) is 89.4 cm³/mol. The lowest BCUT2D eigenvalue weighted by atomic mass is 9.96. The third kappa shape index (κ3) is 2.68. The van der Waals surface area contributed by atoms with Gasteiger partial charge < -0.3 is 10.2 Å². The van der Waals surface area contributed by atoms with Gasteiger partial charge in [-0.25, -0.2) is 0 Å². The van der Waals surface area contributed by atoms with Crippen LogP contribution in [0.4, 0.5) is 5.69 Å². The maximum atomic E-state index is 12.8. The summed E-state index contributed by atoms with van der Waals surface area (Å²) in [5.74, 6) is -0.395. The number of rotatable bonds is 4. The van der Waals surface area contributed by atoms with Gasteiger partial charge >= 0.3 is 0 Å². The van der Waals surface area contributed by atoms with Crippen molar-refractivity contribution >= 4 is 17.5 Å². The molecule has 0 spiro atoms. The molecule has 0 aliphatic carbocycles. The summed E-state index contributed by atoms with van der Waals surface area (Å²) in [7, 11) is 0. The van der Waals surface area contributed by atoms with Gasteiger partial charge in [0.05, 0.1) is 18.5 Å². The third-order valence-electron chi connectivity index (χ3n) is 4.94. The summed E-state index contributed by atoms with van der Waals surface area (Å²) in [6.45, 7) is 1.48. The normalized spacial score (nSPS) is 22.5. The third-order valence-corrected chi connectivity index (χ3v) is 4.94. The number of nitrogens with zero attached hydrogens (tertiary/aromatic N) is 3. The highest BCUT2D eigenvalue weighted by atomic mass is 16.2. The Balaban J connectivity index is 1.47. The van der Waals surface area contributed by atoms with Gasteiger partial charge in [-0.2, -0.15) is 5.10 Å². The molecule has 2 amide bonds. The Bertz CT molecular complexity index is 756. The molecule has 6 nitrogen and oxygen atoms in total. The summed E-state index contributed by atoms with van der Waals surface area (Å²) < 4.78 is 1.87. The molecule has 3 heterocycles. The van der Waals surface area contributed by atoms with E-state index < -0.39 is 0 Å². The van der Waals surface area contributed by atoms with Crippen LogP contribution >= 0.6 is 0 Å². The molecule has 1 fully saturated rings. The van der Waals surface area contributed by atoms with E-state index in [-0.39, 0.29) is 30.2 Å². The number of para-hydroxylation sites is 1. The minimum Gasteiger partial charge on any atom is -0.338 e. The van der Waals surface area contributed by atoms with Crippen LogP contribution in [0.15, 0.2) is 42.7 Å². The molecule has 24 heavy (non-hydrogen) atoms. The second kappa shape index (κ2) is 6.11. The van der Waals surface area contributed by atoms with E-state index in [0.717, 1.165) is 30.6 Å². The highest BCUT2D eigenvalue weighted by Gasteiger charge is 2.36. The number of benzene rings is 1. The molecule has 2 atom stereocenters. The average Bonchev–Trinajstić information content (AvgIpc) is 3.30. The maximum absolute atomic E-state index is 12.8. The van der Waals surface area contributed by atoms with E-state index in [1.165, 1.54) is 0 Å². The maximum Gasteiger partial charge on any atom is 0.232 e. The standard InChI is InChI=1S/C18H20N4O2/c23-17(11-15-14-6-1-2-7-16(14)20-18(15)24)22-10-3-5-13(22)12-21-9-4-8-19-21/h1-2,4,6-9,13,15H,3,5,10-12H2,(H,20,24)/t13-,15-/m1/s1. The average molecular weight is 324 g/mol. The lowest BCUT2D eigenvalue weighted by molar-refractivity contribution is -0.134. The van der Waals surface area contributed by atoms with Crippen LogP contribution in [0.2, 0.25) is 0 Å². The van der Waals surface area contributed by atoms with Crippen molar-refractivity contribution in [1.29, 1.82) is 0 Å². The lowest BCUT2D eigenvalue weighted by Gasteiger charge is -2.25. The molecule has 4 rings (SSSR count). The van der Waals surface area contributed by atoms with Crippen LogP contribution in [-0.4, -0.2) is 39.1 Å². The van der Waals surface area contributed by atoms with Crippen molar-refractivity contribution in [2.75, 3.05) is 11.9 Å². The second-order valence-corrected chi connectivity index (χ2v) is 6.44. The van der Waals surface area contributed by atoms with Gasteiger partial charge in [-0.15, -0.1) is 0 Å². The molecule has 0 saturated carbocycles. The van der Waals surface area contributed by atoms with Crippen molar-refractivity contribution < 1.29 is 9.59 Å². The van der Waals surface area contributed by atoms with E-state index in [1.807, 2.05) is 46.1 Å². The van der Waals surface area contributed by atoms with Crippen molar-refractivity contribution in [1.82, 2.24) is 14.7 Å². The molecular weight excluding hydrogens is 304 g/mol. The van der Waals surface area contributed by atoms with Crippen molar-refractivity contribution in [2.45, 2.75) is 37.8 Å². The summed E-state index contributed by atoms with van der Waals surface area (Å²) in [6, 6.07) is 9.67. The van der Waals surface area contributed by atoms with Crippen LogP contribution in [0.3, 0.4) is 0 Å². The van der Waals surface area contributed by atoms with Crippen LogP contribution in [0.5, 0.6) is 0 Å². The fourth-order valence-corrected chi connectivity index (χ4v) is 3.75. The zero-order valence-corrected chi connectivity index (χ0v) is 13.4. The Hall–Kier alpha value is -2.63. The molecule has 1 N–H and O–H groups in total. The van der Waals surface area contributed by atoms with Gasteiger partial charge in [0.25, 0.3) is 0 Å². The highest BCUT2D eigenvalue weighted by Crippen LogP contribution is 2.35. The summed E-state index contributed by atoms with van der Waals surface area (Å²) in [6.07, 6.45) is 5.89. The van der Waals surface area contributed by atoms with Crippen LogP contribution < -0.4 is 5.32 Å². The number of amides is 2. The van der Waals surface area contributed by atoms with Crippen molar-refractivity contribution in [3.05, 3.63) is 48.3 Å².